The van der Waals surface area contributed by atoms with Crippen LogP contribution in [0.15, 0.2) is 21.1 Å². The highest BCUT2D eigenvalue weighted by Gasteiger charge is 2.19. The van der Waals surface area contributed by atoms with Gasteiger partial charge in [0.2, 0.25) is 0 Å². The highest BCUT2D eigenvalue weighted by Crippen LogP contribution is 2.39. The topological polar surface area (TPSA) is 52.4 Å². The van der Waals surface area contributed by atoms with Crippen LogP contribution >= 0.6 is 31.9 Å². The van der Waals surface area contributed by atoms with E-state index in [-0.39, 0.29) is 20.4 Å². The van der Waals surface area contributed by atoms with Gasteiger partial charge in [-0.2, -0.15) is 8.78 Å². The molecule has 0 radical (unpaired) electrons. The summed E-state index contributed by atoms with van der Waals surface area (Å²) in [5.41, 5.74) is -0.233. The molecule has 0 saturated carbocycles. The molecule has 0 amide bonds. The van der Waals surface area contributed by atoms with Crippen molar-refractivity contribution in [1.82, 2.24) is 0 Å². The predicted octanol–water partition coefficient (Wildman–Crippen LogP) is 3.72. The molecule has 0 N–H and O–H groups in total. The van der Waals surface area contributed by atoms with Gasteiger partial charge in [-0.3, -0.25) is 10.1 Å². The number of benzene rings is 1. The molecule has 0 bridgehead atoms. The summed E-state index contributed by atoms with van der Waals surface area (Å²) in [6.07, 6.45) is 0. The van der Waals surface area contributed by atoms with Crippen LogP contribution in [0.1, 0.15) is 0 Å². The Kier molecular flexibility index (Phi) is 3.97. The third-order valence-electron chi connectivity index (χ3n) is 1.44. The summed E-state index contributed by atoms with van der Waals surface area (Å²) in [7, 11) is 0. The fourth-order valence-corrected chi connectivity index (χ4v) is 1.75. The molecule has 8 heteroatoms. The van der Waals surface area contributed by atoms with Crippen LogP contribution in [0.5, 0.6) is 5.75 Å². The van der Waals surface area contributed by atoms with Gasteiger partial charge in [-0.15, -0.1) is 0 Å². The Labute approximate surface area is 99.6 Å². The molecular formula is C7H3Br2F2NO3. The van der Waals surface area contributed by atoms with E-state index in [2.05, 4.69) is 36.6 Å². The van der Waals surface area contributed by atoms with E-state index >= 15 is 0 Å². The maximum atomic E-state index is 11.9. The van der Waals surface area contributed by atoms with Crippen molar-refractivity contribution in [1.29, 1.82) is 0 Å². The number of rotatable bonds is 3. The molecule has 0 saturated heterocycles. The number of nitro groups is 1. The van der Waals surface area contributed by atoms with Crippen LogP contribution in [0.4, 0.5) is 14.5 Å². The molecule has 1 aromatic rings. The lowest BCUT2D eigenvalue weighted by Gasteiger charge is -2.07. The average molecular weight is 347 g/mol. The Bertz CT molecular complexity index is 400. The summed E-state index contributed by atoms with van der Waals surface area (Å²) in [4.78, 5) is 9.84. The quantitative estimate of drug-likeness (QED) is 0.619. The van der Waals surface area contributed by atoms with E-state index in [0.29, 0.717) is 0 Å². The summed E-state index contributed by atoms with van der Waals surface area (Å²) >= 11 is 5.83. The van der Waals surface area contributed by atoms with Gasteiger partial charge in [-0.1, -0.05) is 0 Å². The van der Waals surface area contributed by atoms with E-state index in [9.17, 15) is 18.9 Å². The number of ether oxygens (including phenoxy) is 1. The van der Waals surface area contributed by atoms with Gasteiger partial charge in [-0.05, 0) is 37.9 Å². The molecule has 1 aromatic carbocycles. The predicted molar refractivity (Wildman–Crippen MR) is 55.1 cm³/mol. The fourth-order valence-electron chi connectivity index (χ4n) is 0.850. The maximum absolute atomic E-state index is 11.9. The number of halogens is 4. The first kappa shape index (κ1) is 12.3. The van der Waals surface area contributed by atoms with Crippen molar-refractivity contribution in [2.75, 3.05) is 0 Å². The van der Waals surface area contributed by atoms with Crippen molar-refractivity contribution in [3.63, 3.8) is 0 Å². The van der Waals surface area contributed by atoms with E-state index in [1.807, 2.05) is 0 Å². The van der Waals surface area contributed by atoms with Crippen LogP contribution in [-0.4, -0.2) is 11.5 Å². The van der Waals surface area contributed by atoms with E-state index in [1.165, 1.54) is 0 Å². The van der Waals surface area contributed by atoms with E-state index in [1.54, 1.807) is 0 Å². The van der Waals surface area contributed by atoms with E-state index < -0.39 is 11.5 Å². The molecule has 15 heavy (non-hydrogen) atoms. The number of nitro benzene ring substituents is 1. The first-order chi connectivity index (χ1) is 6.93. The van der Waals surface area contributed by atoms with Crippen LogP contribution in [0.2, 0.25) is 0 Å². The minimum absolute atomic E-state index is 0.0608. The largest absolute Gasteiger partial charge is 0.434 e. The van der Waals surface area contributed by atoms with Gasteiger partial charge in [0.1, 0.15) is 10.2 Å². The summed E-state index contributed by atoms with van der Waals surface area (Å²) < 4.78 is 28.1. The Hall–Kier alpha value is -0.760. The van der Waals surface area contributed by atoms with Crippen molar-refractivity contribution < 1.29 is 18.4 Å². The van der Waals surface area contributed by atoms with Crippen LogP contribution in [0.3, 0.4) is 0 Å². The SMILES string of the molecule is O=[N+]([O-])c1ccc(OC(F)F)c(Br)c1Br. The molecule has 0 heterocycles. The Balaban J connectivity index is 3.15. The summed E-state index contributed by atoms with van der Waals surface area (Å²) in [6.45, 7) is -2.98. The zero-order valence-corrected chi connectivity index (χ0v) is 10.1. The minimum Gasteiger partial charge on any atom is -0.434 e. The Morgan fingerprint density at radius 2 is 1.93 bits per heavy atom. The van der Waals surface area contributed by atoms with Crippen molar-refractivity contribution in [3.05, 3.63) is 31.2 Å². The lowest BCUT2D eigenvalue weighted by molar-refractivity contribution is -0.385. The lowest BCUT2D eigenvalue weighted by atomic mass is 10.3. The molecule has 0 spiro atoms. The van der Waals surface area contributed by atoms with Crippen molar-refractivity contribution in [2.45, 2.75) is 6.61 Å². The van der Waals surface area contributed by atoms with Crippen LogP contribution in [0.25, 0.3) is 0 Å². The smallest absolute Gasteiger partial charge is 0.387 e. The second-order valence-corrected chi connectivity index (χ2v) is 3.93. The Morgan fingerprint density at radius 3 is 2.40 bits per heavy atom. The zero-order chi connectivity index (χ0) is 11.6. The minimum atomic E-state index is -2.98. The van der Waals surface area contributed by atoms with Crippen molar-refractivity contribution in [3.8, 4) is 5.75 Å². The third kappa shape index (κ3) is 2.85. The molecular weight excluding hydrogens is 344 g/mol. The van der Waals surface area contributed by atoms with Crippen LogP contribution in [-0.2, 0) is 0 Å². The molecule has 0 aliphatic rings. The summed E-state index contributed by atoms with van der Waals surface area (Å²) in [6, 6.07) is 2.17. The Morgan fingerprint density at radius 1 is 1.33 bits per heavy atom. The van der Waals surface area contributed by atoms with Gasteiger partial charge in [-0.25, -0.2) is 0 Å². The molecule has 0 fully saturated rings. The van der Waals surface area contributed by atoms with Crippen LogP contribution < -0.4 is 4.74 Å². The molecule has 0 aromatic heterocycles. The number of hydrogen-bond donors (Lipinski definition) is 0. The van der Waals surface area contributed by atoms with Crippen molar-refractivity contribution in [2.24, 2.45) is 0 Å². The highest BCUT2D eigenvalue weighted by molar-refractivity contribution is 9.13. The first-order valence-corrected chi connectivity index (χ1v) is 5.09. The molecule has 0 unspecified atom stereocenters. The van der Waals surface area contributed by atoms with Crippen LogP contribution in [0, 0.1) is 10.1 Å². The molecule has 0 aliphatic carbocycles. The first-order valence-electron chi connectivity index (χ1n) is 3.50. The van der Waals surface area contributed by atoms with Gasteiger partial charge < -0.3 is 4.74 Å². The highest BCUT2D eigenvalue weighted by atomic mass is 79.9. The third-order valence-corrected chi connectivity index (χ3v) is 3.56. The molecule has 4 nitrogen and oxygen atoms in total. The van der Waals surface area contributed by atoms with Gasteiger partial charge in [0.05, 0.1) is 9.40 Å². The number of alkyl halides is 2. The monoisotopic (exact) mass is 345 g/mol. The van der Waals surface area contributed by atoms with Crippen molar-refractivity contribution >= 4 is 37.5 Å². The van der Waals surface area contributed by atoms with E-state index in [4.69, 9.17) is 0 Å². The second-order valence-electron chi connectivity index (χ2n) is 2.35. The number of hydrogen-bond acceptors (Lipinski definition) is 3. The standard InChI is InChI=1S/C7H3Br2F2NO3/c8-5-3(12(13)14)1-2-4(6(5)9)15-7(10)11/h1-2,7H. The van der Waals surface area contributed by atoms with Gasteiger partial charge in [0.15, 0.2) is 0 Å². The number of nitrogens with zero attached hydrogens (tertiary/aromatic N) is 1. The molecule has 82 valence electrons. The summed E-state index contributed by atoms with van der Waals surface area (Å²) in [5.74, 6) is -0.164. The second kappa shape index (κ2) is 4.84. The maximum Gasteiger partial charge on any atom is 0.387 e. The fraction of sp³-hybridized carbons (Fsp3) is 0.143. The van der Waals surface area contributed by atoms with Gasteiger partial charge in [0.25, 0.3) is 5.69 Å². The lowest BCUT2D eigenvalue weighted by Crippen LogP contribution is -2.03. The zero-order valence-electron chi connectivity index (χ0n) is 6.92. The molecule has 0 aliphatic heterocycles. The van der Waals surface area contributed by atoms with E-state index in [0.717, 1.165) is 12.1 Å². The molecule has 0 atom stereocenters. The van der Waals surface area contributed by atoms with Gasteiger partial charge in [0, 0.05) is 6.07 Å². The average Bonchev–Trinajstić information content (AvgIpc) is 2.12. The van der Waals surface area contributed by atoms with Gasteiger partial charge >= 0.3 is 6.61 Å². The summed E-state index contributed by atoms with van der Waals surface area (Å²) in [5, 5.41) is 10.5. The normalized spacial score (nSPS) is 10.5. The molecule has 1 rings (SSSR count).